The van der Waals surface area contributed by atoms with Gasteiger partial charge in [0.2, 0.25) is 0 Å². The van der Waals surface area contributed by atoms with Gasteiger partial charge in [-0.2, -0.15) is 5.10 Å². The molecule has 1 heterocycles. The van der Waals surface area contributed by atoms with Crippen molar-refractivity contribution in [1.29, 1.82) is 0 Å². The largest absolute Gasteiger partial charge is 0.494 e. The van der Waals surface area contributed by atoms with Crippen LogP contribution in [-0.2, 0) is 11.2 Å². The monoisotopic (exact) mass is 494 g/mol. The van der Waals surface area contributed by atoms with E-state index >= 15 is 0 Å². The highest BCUT2D eigenvalue weighted by Gasteiger charge is 2.23. The molecule has 0 aliphatic rings. The highest BCUT2D eigenvalue weighted by atomic mass is 35.5. The van der Waals surface area contributed by atoms with Crippen LogP contribution in [0.15, 0.2) is 72.8 Å². The summed E-state index contributed by atoms with van der Waals surface area (Å²) >= 11 is 12.4. The fraction of sp³-hybridized carbons (Fsp3) is 0.185. The van der Waals surface area contributed by atoms with Crippen LogP contribution in [0.3, 0.4) is 0 Å². The van der Waals surface area contributed by atoms with Crippen molar-refractivity contribution in [2.75, 3.05) is 6.61 Å². The Labute approximate surface area is 208 Å². The number of benzene rings is 3. The Morgan fingerprint density at radius 3 is 2.44 bits per heavy atom. The number of aryl methyl sites for hydroxylation is 1. The van der Waals surface area contributed by atoms with Crippen molar-refractivity contribution in [2.45, 2.75) is 26.2 Å². The first-order valence-electron chi connectivity index (χ1n) is 10.9. The van der Waals surface area contributed by atoms with Gasteiger partial charge in [0.1, 0.15) is 5.75 Å². The van der Waals surface area contributed by atoms with Gasteiger partial charge in [-0.15, -0.1) is 0 Å². The van der Waals surface area contributed by atoms with Crippen LogP contribution in [0.1, 0.15) is 29.7 Å². The summed E-state index contributed by atoms with van der Waals surface area (Å²) in [6.07, 6.45) is 0.247. The van der Waals surface area contributed by atoms with E-state index in [4.69, 9.17) is 33.0 Å². The number of hydrogen-bond donors (Lipinski definition) is 1. The SMILES string of the molecule is CCOc1ccc(-n2nc(CC(C(=O)O)c3cccc(C)c3)cc2-c2ccc(Cl)c(Cl)c2)cc1. The number of carboxylic acid groups (broad SMARTS) is 1. The van der Waals surface area contributed by atoms with E-state index in [9.17, 15) is 9.90 Å². The van der Waals surface area contributed by atoms with E-state index < -0.39 is 11.9 Å². The third-order valence-electron chi connectivity index (χ3n) is 5.52. The highest BCUT2D eigenvalue weighted by molar-refractivity contribution is 6.42. The van der Waals surface area contributed by atoms with Crippen LogP contribution in [0.5, 0.6) is 5.75 Å². The van der Waals surface area contributed by atoms with Gasteiger partial charge < -0.3 is 9.84 Å². The second kappa shape index (κ2) is 10.3. The second-order valence-electron chi connectivity index (χ2n) is 8.00. The molecular formula is C27H24Cl2N2O3. The van der Waals surface area contributed by atoms with Crippen molar-refractivity contribution < 1.29 is 14.6 Å². The summed E-state index contributed by atoms with van der Waals surface area (Å²) in [5, 5.41) is 15.6. The van der Waals surface area contributed by atoms with Gasteiger partial charge in [0, 0.05) is 12.0 Å². The summed E-state index contributed by atoms with van der Waals surface area (Å²) in [6, 6.07) is 22.5. The molecule has 1 aromatic heterocycles. The Kier molecular flexibility index (Phi) is 7.25. The summed E-state index contributed by atoms with van der Waals surface area (Å²) in [5.41, 5.74) is 4.84. The summed E-state index contributed by atoms with van der Waals surface area (Å²) in [5.74, 6) is -0.845. The maximum atomic E-state index is 12.1. The molecular weight excluding hydrogens is 471 g/mol. The minimum atomic E-state index is -0.891. The molecule has 1 atom stereocenters. The van der Waals surface area contributed by atoms with Gasteiger partial charge in [-0.3, -0.25) is 4.79 Å². The van der Waals surface area contributed by atoms with E-state index in [0.717, 1.165) is 33.8 Å². The summed E-state index contributed by atoms with van der Waals surface area (Å²) in [7, 11) is 0. The zero-order chi connectivity index (χ0) is 24.2. The van der Waals surface area contributed by atoms with Gasteiger partial charge in [-0.05, 0) is 61.9 Å². The smallest absolute Gasteiger partial charge is 0.311 e. The number of carboxylic acids is 1. The molecule has 0 saturated carbocycles. The first-order valence-corrected chi connectivity index (χ1v) is 11.7. The fourth-order valence-corrected chi connectivity index (χ4v) is 4.18. The Balaban J connectivity index is 1.78. The zero-order valence-corrected chi connectivity index (χ0v) is 20.3. The first kappa shape index (κ1) is 23.9. The topological polar surface area (TPSA) is 64.4 Å². The van der Waals surface area contributed by atoms with E-state index in [-0.39, 0.29) is 6.42 Å². The average molecular weight is 495 g/mol. The number of aliphatic carboxylic acids is 1. The van der Waals surface area contributed by atoms with Gasteiger partial charge in [0.15, 0.2) is 0 Å². The number of nitrogens with zero attached hydrogens (tertiary/aromatic N) is 2. The van der Waals surface area contributed by atoms with Crippen LogP contribution in [-0.4, -0.2) is 27.5 Å². The lowest BCUT2D eigenvalue weighted by Gasteiger charge is -2.12. The second-order valence-corrected chi connectivity index (χ2v) is 8.81. The van der Waals surface area contributed by atoms with Crippen molar-refractivity contribution in [1.82, 2.24) is 9.78 Å². The van der Waals surface area contributed by atoms with Crippen LogP contribution in [0, 0.1) is 6.92 Å². The van der Waals surface area contributed by atoms with Gasteiger partial charge >= 0.3 is 5.97 Å². The van der Waals surface area contributed by atoms with Crippen LogP contribution in [0.4, 0.5) is 0 Å². The van der Waals surface area contributed by atoms with Crippen molar-refractivity contribution in [3.63, 3.8) is 0 Å². The van der Waals surface area contributed by atoms with Crippen molar-refractivity contribution in [2.24, 2.45) is 0 Å². The Morgan fingerprint density at radius 2 is 1.79 bits per heavy atom. The number of rotatable bonds is 8. The highest BCUT2D eigenvalue weighted by Crippen LogP contribution is 2.32. The maximum absolute atomic E-state index is 12.1. The van der Waals surface area contributed by atoms with Crippen LogP contribution in [0.25, 0.3) is 16.9 Å². The lowest BCUT2D eigenvalue weighted by atomic mass is 9.93. The molecule has 0 aliphatic heterocycles. The molecule has 7 heteroatoms. The minimum absolute atomic E-state index is 0.247. The Morgan fingerprint density at radius 1 is 1.03 bits per heavy atom. The molecule has 34 heavy (non-hydrogen) atoms. The van der Waals surface area contributed by atoms with Gasteiger partial charge in [-0.25, -0.2) is 4.68 Å². The molecule has 1 unspecified atom stereocenters. The normalized spacial score (nSPS) is 11.9. The molecule has 0 radical (unpaired) electrons. The van der Waals surface area contributed by atoms with E-state index in [1.165, 1.54) is 0 Å². The van der Waals surface area contributed by atoms with Crippen molar-refractivity contribution >= 4 is 29.2 Å². The molecule has 0 amide bonds. The number of halogens is 2. The summed E-state index contributed by atoms with van der Waals surface area (Å²) < 4.78 is 7.35. The van der Waals surface area contributed by atoms with Crippen LogP contribution in [0.2, 0.25) is 10.0 Å². The minimum Gasteiger partial charge on any atom is -0.494 e. The van der Waals surface area contributed by atoms with Crippen molar-refractivity contribution in [3.05, 3.63) is 99.7 Å². The molecule has 0 aliphatic carbocycles. The molecule has 0 saturated heterocycles. The molecule has 3 aromatic carbocycles. The summed E-state index contributed by atoms with van der Waals surface area (Å²) in [4.78, 5) is 12.1. The number of aromatic nitrogens is 2. The zero-order valence-electron chi connectivity index (χ0n) is 18.8. The van der Waals surface area contributed by atoms with Crippen LogP contribution < -0.4 is 4.74 Å². The molecule has 0 bridgehead atoms. The van der Waals surface area contributed by atoms with E-state index in [2.05, 4.69) is 0 Å². The quantitative estimate of drug-likeness (QED) is 0.287. The number of carbonyl (C=O) groups is 1. The fourth-order valence-electron chi connectivity index (χ4n) is 3.88. The first-order chi connectivity index (χ1) is 16.4. The molecule has 4 aromatic rings. The number of hydrogen-bond acceptors (Lipinski definition) is 3. The molecule has 174 valence electrons. The predicted molar refractivity (Wildman–Crippen MR) is 135 cm³/mol. The average Bonchev–Trinajstić information content (AvgIpc) is 3.24. The Bertz CT molecular complexity index is 1320. The molecule has 5 nitrogen and oxygen atoms in total. The van der Waals surface area contributed by atoms with E-state index in [1.54, 1.807) is 16.8 Å². The van der Waals surface area contributed by atoms with Gasteiger partial charge in [-0.1, -0.05) is 59.1 Å². The predicted octanol–water partition coefficient (Wildman–Crippen LogP) is 6.96. The molecule has 4 rings (SSSR count). The lowest BCUT2D eigenvalue weighted by Crippen LogP contribution is -2.15. The molecule has 1 N–H and O–H groups in total. The third-order valence-corrected chi connectivity index (χ3v) is 6.26. The maximum Gasteiger partial charge on any atom is 0.311 e. The third kappa shape index (κ3) is 5.27. The Hall–Kier alpha value is -3.28. The standard InChI is InChI=1S/C27H24Cl2N2O3/c1-3-34-22-10-8-21(9-11-22)31-26(19-7-12-24(28)25(29)14-19)16-20(30-31)15-23(27(32)33)18-6-4-5-17(2)13-18/h4-14,16,23H,3,15H2,1-2H3,(H,32,33). The van der Waals surface area contributed by atoms with Crippen molar-refractivity contribution in [3.8, 4) is 22.7 Å². The number of ether oxygens (including phenoxy) is 1. The molecule has 0 spiro atoms. The van der Waals surface area contributed by atoms with Crippen LogP contribution >= 0.6 is 23.2 Å². The van der Waals surface area contributed by atoms with Gasteiger partial charge in [0.05, 0.1) is 39.6 Å². The molecule has 0 fully saturated rings. The lowest BCUT2D eigenvalue weighted by molar-refractivity contribution is -0.138. The van der Waals surface area contributed by atoms with E-state index in [0.29, 0.717) is 22.3 Å². The van der Waals surface area contributed by atoms with E-state index in [1.807, 2.05) is 74.5 Å². The van der Waals surface area contributed by atoms with Gasteiger partial charge in [0.25, 0.3) is 0 Å². The summed E-state index contributed by atoms with van der Waals surface area (Å²) in [6.45, 7) is 4.46.